The molecule has 0 bridgehead atoms. The largest absolute Gasteiger partial charge is 0.468 e. The fraction of sp³-hybridized carbons (Fsp3) is 0.375. The van der Waals surface area contributed by atoms with E-state index in [9.17, 15) is 8.42 Å². The maximum atomic E-state index is 12.8. The highest BCUT2D eigenvalue weighted by Gasteiger charge is 2.32. The van der Waals surface area contributed by atoms with Crippen molar-refractivity contribution < 1.29 is 17.4 Å². The van der Waals surface area contributed by atoms with Gasteiger partial charge < -0.3 is 13.9 Å². The highest BCUT2D eigenvalue weighted by atomic mass is 32.2. The van der Waals surface area contributed by atoms with Crippen LogP contribution < -0.4 is 4.72 Å². The summed E-state index contributed by atoms with van der Waals surface area (Å²) in [5.41, 5.74) is 1.61. The number of aromatic amines is 1. The monoisotopic (exact) mass is 362 g/mol. The van der Waals surface area contributed by atoms with Crippen molar-refractivity contribution >= 4 is 10.0 Å². The van der Waals surface area contributed by atoms with Crippen LogP contribution in [0.2, 0.25) is 0 Å². The van der Waals surface area contributed by atoms with Crippen molar-refractivity contribution in [3.05, 3.63) is 41.4 Å². The second kappa shape index (κ2) is 5.85. The lowest BCUT2D eigenvalue weighted by Gasteiger charge is -2.06. The molecule has 3 heterocycles. The molecule has 0 unspecified atom stereocenters. The van der Waals surface area contributed by atoms with Crippen LogP contribution in [0.5, 0.6) is 0 Å². The molecule has 0 aliphatic heterocycles. The Bertz CT molecular complexity index is 997. The van der Waals surface area contributed by atoms with Gasteiger partial charge in [0.15, 0.2) is 5.82 Å². The SMILES string of the molecule is Cc1[nH]c(C)c(S(=O)(=O)NCc2ccco2)c1-c1nc(C2CC2)no1. The van der Waals surface area contributed by atoms with Crippen LogP contribution >= 0.6 is 0 Å². The molecular weight excluding hydrogens is 344 g/mol. The second-order valence-corrected chi connectivity index (χ2v) is 7.92. The molecule has 0 aromatic carbocycles. The predicted molar refractivity (Wildman–Crippen MR) is 88.3 cm³/mol. The van der Waals surface area contributed by atoms with Gasteiger partial charge in [0.2, 0.25) is 10.0 Å². The van der Waals surface area contributed by atoms with Crippen LogP contribution in [0.4, 0.5) is 0 Å². The Balaban J connectivity index is 1.70. The number of hydrogen-bond donors (Lipinski definition) is 2. The first kappa shape index (κ1) is 16.1. The second-order valence-electron chi connectivity index (χ2n) is 6.22. The quantitative estimate of drug-likeness (QED) is 0.697. The summed E-state index contributed by atoms with van der Waals surface area (Å²) in [7, 11) is -3.79. The van der Waals surface area contributed by atoms with E-state index in [1.54, 1.807) is 26.0 Å². The maximum Gasteiger partial charge on any atom is 0.261 e. The Morgan fingerprint density at radius 3 is 2.80 bits per heavy atom. The van der Waals surface area contributed by atoms with Crippen LogP contribution in [0.3, 0.4) is 0 Å². The number of aryl methyl sites for hydroxylation is 2. The first-order valence-corrected chi connectivity index (χ1v) is 9.49. The molecule has 0 amide bonds. The van der Waals surface area contributed by atoms with E-state index in [1.807, 2.05) is 0 Å². The van der Waals surface area contributed by atoms with Gasteiger partial charge in [0, 0.05) is 17.3 Å². The Hall–Kier alpha value is -2.39. The molecule has 3 aromatic heterocycles. The molecular formula is C16H18N4O4S. The Morgan fingerprint density at radius 1 is 1.32 bits per heavy atom. The molecule has 2 N–H and O–H groups in total. The average molecular weight is 362 g/mol. The smallest absolute Gasteiger partial charge is 0.261 e. The number of furan rings is 1. The molecule has 132 valence electrons. The van der Waals surface area contributed by atoms with E-state index in [4.69, 9.17) is 8.94 Å². The van der Waals surface area contributed by atoms with Gasteiger partial charge in [0.25, 0.3) is 5.89 Å². The zero-order valence-corrected chi connectivity index (χ0v) is 14.7. The summed E-state index contributed by atoms with van der Waals surface area (Å²) in [6.45, 7) is 3.56. The van der Waals surface area contributed by atoms with Crippen molar-refractivity contribution in [2.75, 3.05) is 0 Å². The van der Waals surface area contributed by atoms with Gasteiger partial charge in [-0.3, -0.25) is 0 Å². The fourth-order valence-electron chi connectivity index (χ4n) is 2.85. The van der Waals surface area contributed by atoms with E-state index >= 15 is 0 Å². The van der Waals surface area contributed by atoms with Gasteiger partial charge in [-0.15, -0.1) is 0 Å². The van der Waals surface area contributed by atoms with Crippen molar-refractivity contribution in [1.29, 1.82) is 0 Å². The highest BCUT2D eigenvalue weighted by molar-refractivity contribution is 7.89. The van der Waals surface area contributed by atoms with E-state index in [1.165, 1.54) is 6.26 Å². The van der Waals surface area contributed by atoms with Crippen molar-refractivity contribution in [3.63, 3.8) is 0 Å². The number of nitrogens with zero attached hydrogens (tertiary/aromatic N) is 2. The normalized spacial score (nSPS) is 15.0. The predicted octanol–water partition coefficient (Wildman–Crippen LogP) is 2.63. The molecule has 1 aliphatic carbocycles. The molecule has 1 saturated carbocycles. The van der Waals surface area contributed by atoms with Gasteiger partial charge in [0.1, 0.15) is 10.7 Å². The van der Waals surface area contributed by atoms with Crippen LogP contribution in [0.1, 0.15) is 41.7 Å². The van der Waals surface area contributed by atoms with E-state index in [0.717, 1.165) is 12.8 Å². The van der Waals surface area contributed by atoms with Crippen LogP contribution in [0.25, 0.3) is 11.5 Å². The van der Waals surface area contributed by atoms with Crippen molar-refractivity contribution in [3.8, 4) is 11.5 Å². The molecule has 0 spiro atoms. The van der Waals surface area contributed by atoms with Gasteiger partial charge >= 0.3 is 0 Å². The fourth-order valence-corrected chi connectivity index (χ4v) is 4.29. The summed E-state index contributed by atoms with van der Waals surface area (Å²) in [6.07, 6.45) is 3.58. The number of nitrogens with one attached hydrogen (secondary N) is 2. The lowest BCUT2D eigenvalue weighted by molar-refractivity contribution is 0.421. The molecule has 8 nitrogen and oxygen atoms in total. The number of H-pyrrole nitrogens is 1. The number of rotatable bonds is 6. The summed E-state index contributed by atoms with van der Waals surface area (Å²) in [6, 6.07) is 3.41. The molecule has 0 radical (unpaired) electrons. The maximum absolute atomic E-state index is 12.8. The van der Waals surface area contributed by atoms with Crippen molar-refractivity contribution in [2.24, 2.45) is 0 Å². The highest BCUT2D eigenvalue weighted by Crippen LogP contribution is 2.40. The topological polar surface area (TPSA) is 114 Å². The average Bonchev–Trinajstić information content (AvgIpc) is 2.99. The number of hydrogen-bond acceptors (Lipinski definition) is 6. The minimum atomic E-state index is -3.79. The van der Waals surface area contributed by atoms with Gasteiger partial charge in [0.05, 0.1) is 18.4 Å². The van der Waals surface area contributed by atoms with Crippen LogP contribution in [-0.2, 0) is 16.6 Å². The van der Waals surface area contributed by atoms with E-state index in [2.05, 4.69) is 19.8 Å². The Morgan fingerprint density at radius 2 is 2.12 bits per heavy atom. The minimum Gasteiger partial charge on any atom is -0.468 e. The number of sulfonamides is 1. The minimum absolute atomic E-state index is 0.0651. The lowest BCUT2D eigenvalue weighted by Crippen LogP contribution is -2.24. The summed E-state index contributed by atoms with van der Waals surface area (Å²) >= 11 is 0. The van der Waals surface area contributed by atoms with Crippen molar-refractivity contribution in [2.45, 2.75) is 44.0 Å². The molecule has 1 aliphatic rings. The van der Waals surface area contributed by atoms with Crippen LogP contribution in [0.15, 0.2) is 32.2 Å². The Labute approximate surface area is 144 Å². The third-order valence-electron chi connectivity index (χ3n) is 4.20. The third-order valence-corrected chi connectivity index (χ3v) is 5.77. The van der Waals surface area contributed by atoms with Crippen LogP contribution in [0, 0.1) is 13.8 Å². The van der Waals surface area contributed by atoms with Gasteiger partial charge in [-0.1, -0.05) is 5.16 Å². The summed E-state index contributed by atoms with van der Waals surface area (Å²) in [4.78, 5) is 7.58. The van der Waals surface area contributed by atoms with E-state index in [0.29, 0.717) is 34.5 Å². The molecule has 0 atom stereocenters. The zero-order valence-electron chi connectivity index (χ0n) is 13.9. The molecule has 1 fully saturated rings. The molecule has 9 heteroatoms. The first-order valence-electron chi connectivity index (χ1n) is 8.01. The molecule has 25 heavy (non-hydrogen) atoms. The van der Waals surface area contributed by atoms with E-state index in [-0.39, 0.29) is 17.3 Å². The molecule has 3 aromatic rings. The van der Waals surface area contributed by atoms with Gasteiger partial charge in [-0.2, -0.15) is 4.98 Å². The summed E-state index contributed by atoms with van der Waals surface area (Å²) in [5, 5.41) is 3.98. The summed E-state index contributed by atoms with van der Waals surface area (Å²) < 4.78 is 38.8. The molecule has 4 rings (SSSR count). The van der Waals surface area contributed by atoms with Crippen molar-refractivity contribution in [1.82, 2.24) is 19.8 Å². The lowest BCUT2D eigenvalue weighted by atomic mass is 10.2. The summed E-state index contributed by atoms with van der Waals surface area (Å²) in [5.74, 6) is 1.72. The van der Waals surface area contributed by atoms with Gasteiger partial charge in [-0.25, -0.2) is 13.1 Å². The third kappa shape index (κ3) is 3.00. The van der Waals surface area contributed by atoms with Crippen LogP contribution in [-0.4, -0.2) is 23.5 Å². The number of aromatic nitrogens is 3. The first-order chi connectivity index (χ1) is 12.0. The Kier molecular flexibility index (Phi) is 3.77. The van der Waals surface area contributed by atoms with E-state index < -0.39 is 10.0 Å². The zero-order chi connectivity index (χ0) is 17.6. The standard InChI is InChI=1S/C16H18N4O4S/c1-9-13(16-19-15(20-24-16)11-5-6-11)14(10(2)18-9)25(21,22)17-8-12-4-3-7-23-12/h3-4,7,11,17-18H,5-6,8H2,1-2H3. The van der Waals surface area contributed by atoms with Gasteiger partial charge in [-0.05, 0) is 38.8 Å². The molecule has 0 saturated heterocycles.